The topological polar surface area (TPSA) is 83.3 Å². The van der Waals surface area contributed by atoms with E-state index in [1.165, 1.54) is 16.0 Å². The second-order valence-electron chi connectivity index (χ2n) is 6.61. The Morgan fingerprint density at radius 2 is 1.80 bits per heavy atom. The van der Waals surface area contributed by atoms with Crippen LogP contribution in [0.3, 0.4) is 0 Å². The molecule has 0 unspecified atom stereocenters. The minimum absolute atomic E-state index is 0.186. The summed E-state index contributed by atoms with van der Waals surface area (Å²) < 4.78 is 12.3. The van der Waals surface area contributed by atoms with Gasteiger partial charge in [0, 0.05) is 11.1 Å². The summed E-state index contributed by atoms with van der Waals surface area (Å²) in [5.41, 5.74) is 1.78. The molecule has 0 spiro atoms. The van der Waals surface area contributed by atoms with Crippen LogP contribution in [0.4, 0.5) is 0 Å². The maximum atomic E-state index is 13.0. The van der Waals surface area contributed by atoms with E-state index in [0.717, 1.165) is 10.6 Å². The number of hydrogen-bond donors (Lipinski definition) is 0. The molecule has 0 aliphatic rings. The van der Waals surface area contributed by atoms with Crippen LogP contribution < -0.4 is 15.0 Å². The number of carbonyl (C=O) groups excluding carboxylic acids is 1. The van der Waals surface area contributed by atoms with Gasteiger partial charge in [-0.05, 0) is 43.3 Å². The van der Waals surface area contributed by atoms with Gasteiger partial charge < -0.3 is 9.47 Å². The van der Waals surface area contributed by atoms with E-state index in [4.69, 9.17) is 9.47 Å². The summed E-state index contributed by atoms with van der Waals surface area (Å²) in [5, 5.41) is 5.29. The van der Waals surface area contributed by atoms with E-state index in [2.05, 4.69) is 10.1 Å². The average Bonchev–Trinajstić information content (AvgIpc) is 3.17. The monoisotopic (exact) mass is 421 g/mol. The molecule has 2 heterocycles. The van der Waals surface area contributed by atoms with E-state index in [0.29, 0.717) is 33.0 Å². The van der Waals surface area contributed by atoms with Crippen LogP contribution in [0.2, 0.25) is 0 Å². The van der Waals surface area contributed by atoms with Crippen molar-refractivity contribution in [1.29, 1.82) is 0 Å². The molecule has 7 nitrogen and oxygen atoms in total. The number of benzene rings is 2. The van der Waals surface area contributed by atoms with Crippen molar-refractivity contribution in [3.63, 3.8) is 0 Å². The zero-order chi connectivity index (χ0) is 21.3. The highest BCUT2D eigenvalue weighted by Gasteiger charge is 2.18. The summed E-state index contributed by atoms with van der Waals surface area (Å²) in [6, 6.07) is 14.2. The van der Waals surface area contributed by atoms with Crippen molar-refractivity contribution in [1.82, 2.24) is 14.8 Å². The predicted molar refractivity (Wildman–Crippen MR) is 116 cm³/mol. The molecule has 8 heteroatoms. The van der Waals surface area contributed by atoms with Gasteiger partial charge in [0.25, 0.3) is 5.56 Å². The fourth-order valence-electron chi connectivity index (χ4n) is 3.14. The second-order valence-corrected chi connectivity index (χ2v) is 7.81. The molecule has 0 saturated heterocycles. The molecule has 0 atom stereocenters. The maximum Gasteiger partial charge on any atom is 0.294 e. The summed E-state index contributed by atoms with van der Waals surface area (Å²) in [6.45, 7) is 1.65. The normalized spacial score (nSPS) is 10.9. The first-order valence-electron chi connectivity index (χ1n) is 9.20. The van der Waals surface area contributed by atoms with E-state index in [1.807, 2.05) is 31.2 Å². The first-order chi connectivity index (χ1) is 14.5. The second kappa shape index (κ2) is 8.08. The standard InChI is InChI=1S/C22H19N3O4S/c1-13-23-20-21(30-13)19(15-5-4-6-17(11-15)29-3)24-25(22(20)27)12-18(26)14-7-9-16(28-2)10-8-14/h4-11H,12H2,1-3H3. The van der Waals surface area contributed by atoms with E-state index in [9.17, 15) is 9.59 Å². The Labute approximate surface area is 176 Å². The lowest BCUT2D eigenvalue weighted by Gasteiger charge is -2.09. The average molecular weight is 421 g/mol. The number of thiazole rings is 1. The smallest absolute Gasteiger partial charge is 0.294 e. The van der Waals surface area contributed by atoms with Crippen LogP contribution in [0, 0.1) is 6.92 Å². The summed E-state index contributed by atoms with van der Waals surface area (Å²) in [6.07, 6.45) is 0. The third-order valence-corrected chi connectivity index (χ3v) is 5.63. The van der Waals surface area contributed by atoms with Crippen LogP contribution in [0.5, 0.6) is 11.5 Å². The number of carbonyl (C=O) groups is 1. The highest BCUT2D eigenvalue weighted by molar-refractivity contribution is 7.19. The van der Waals surface area contributed by atoms with Crippen LogP contribution in [0.1, 0.15) is 15.4 Å². The van der Waals surface area contributed by atoms with E-state index in [1.54, 1.807) is 38.5 Å². The number of hydrogen-bond acceptors (Lipinski definition) is 7. The number of aromatic nitrogens is 3. The fourth-order valence-corrected chi connectivity index (χ4v) is 4.05. The molecule has 0 amide bonds. The minimum atomic E-state index is -0.386. The number of rotatable bonds is 6. The number of fused-ring (bicyclic) bond motifs is 1. The summed E-state index contributed by atoms with van der Waals surface area (Å²) in [4.78, 5) is 30.1. The van der Waals surface area contributed by atoms with Gasteiger partial charge in [-0.3, -0.25) is 9.59 Å². The van der Waals surface area contributed by atoms with E-state index < -0.39 is 0 Å². The van der Waals surface area contributed by atoms with Crippen LogP contribution in [-0.2, 0) is 6.54 Å². The van der Waals surface area contributed by atoms with Gasteiger partial charge in [0.2, 0.25) is 0 Å². The molecule has 152 valence electrons. The highest BCUT2D eigenvalue weighted by atomic mass is 32.1. The third-order valence-electron chi connectivity index (χ3n) is 4.66. The Bertz CT molecular complexity index is 1290. The van der Waals surface area contributed by atoms with Gasteiger partial charge in [0.15, 0.2) is 11.3 Å². The Balaban J connectivity index is 1.80. The third kappa shape index (κ3) is 3.69. The number of Topliss-reactive ketones (excluding diaryl/α,β-unsaturated/α-hetero) is 1. The molecular weight excluding hydrogens is 402 g/mol. The Kier molecular flexibility index (Phi) is 5.33. The number of methoxy groups -OCH3 is 2. The van der Waals surface area contributed by atoms with Crippen LogP contribution >= 0.6 is 11.3 Å². The first-order valence-corrected chi connectivity index (χ1v) is 10.0. The van der Waals surface area contributed by atoms with Gasteiger partial charge in [-0.2, -0.15) is 5.10 Å². The number of aryl methyl sites for hydroxylation is 1. The SMILES string of the molecule is COc1ccc(C(=O)Cn2nc(-c3cccc(OC)c3)c3sc(C)nc3c2=O)cc1. The van der Waals surface area contributed by atoms with E-state index in [-0.39, 0.29) is 17.9 Å². The van der Waals surface area contributed by atoms with Gasteiger partial charge in [-0.25, -0.2) is 9.67 Å². The largest absolute Gasteiger partial charge is 0.497 e. The Morgan fingerprint density at radius 1 is 1.07 bits per heavy atom. The molecule has 0 aliphatic heterocycles. The van der Waals surface area contributed by atoms with Crippen LogP contribution in [0.15, 0.2) is 53.3 Å². The zero-order valence-electron chi connectivity index (χ0n) is 16.7. The van der Waals surface area contributed by atoms with Crippen molar-refractivity contribution in [2.24, 2.45) is 0 Å². The van der Waals surface area contributed by atoms with Crippen molar-refractivity contribution in [2.75, 3.05) is 14.2 Å². The van der Waals surface area contributed by atoms with Crippen molar-refractivity contribution >= 4 is 27.3 Å². The van der Waals surface area contributed by atoms with Gasteiger partial charge >= 0.3 is 0 Å². The summed E-state index contributed by atoms with van der Waals surface area (Å²) in [7, 11) is 3.15. The van der Waals surface area contributed by atoms with E-state index >= 15 is 0 Å². The minimum Gasteiger partial charge on any atom is -0.497 e. The molecular formula is C22H19N3O4S. The first kappa shape index (κ1) is 19.8. The van der Waals surface area contributed by atoms with Gasteiger partial charge in [-0.1, -0.05) is 12.1 Å². The maximum absolute atomic E-state index is 13.0. The molecule has 0 saturated carbocycles. The van der Waals surface area contributed by atoms with Gasteiger partial charge in [-0.15, -0.1) is 11.3 Å². The Hall–Kier alpha value is -3.52. The number of nitrogens with zero attached hydrogens (tertiary/aromatic N) is 3. The lowest BCUT2D eigenvalue weighted by Crippen LogP contribution is -2.27. The number of ether oxygens (including phenoxy) is 2. The molecule has 0 bridgehead atoms. The quantitative estimate of drug-likeness (QED) is 0.441. The summed E-state index contributed by atoms with van der Waals surface area (Å²) in [5.74, 6) is 1.10. The lowest BCUT2D eigenvalue weighted by atomic mass is 10.1. The van der Waals surface area contributed by atoms with Crippen molar-refractivity contribution < 1.29 is 14.3 Å². The van der Waals surface area contributed by atoms with Crippen molar-refractivity contribution in [3.8, 4) is 22.8 Å². The van der Waals surface area contributed by atoms with Crippen LogP contribution in [0.25, 0.3) is 21.5 Å². The van der Waals surface area contributed by atoms with Gasteiger partial charge in [0.05, 0.1) is 23.9 Å². The lowest BCUT2D eigenvalue weighted by molar-refractivity contribution is 0.0966. The summed E-state index contributed by atoms with van der Waals surface area (Å²) >= 11 is 1.40. The highest BCUT2D eigenvalue weighted by Crippen LogP contribution is 2.31. The fraction of sp³-hybridized carbons (Fsp3) is 0.182. The van der Waals surface area contributed by atoms with Crippen molar-refractivity contribution in [3.05, 3.63) is 69.5 Å². The molecule has 4 aromatic rings. The predicted octanol–water partition coefficient (Wildman–Crippen LogP) is 3.73. The molecule has 2 aromatic heterocycles. The molecule has 30 heavy (non-hydrogen) atoms. The Morgan fingerprint density at radius 3 is 2.50 bits per heavy atom. The zero-order valence-corrected chi connectivity index (χ0v) is 17.5. The molecule has 0 radical (unpaired) electrons. The molecule has 0 N–H and O–H groups in total. The van der Waals surface area contributed by atoms with Gasteiger partial charge in [0.1, 0.15) is 23.7 Å². The van der Waals surface area contributed by atoms with Crippen molar-refractivity contribution in [2.45, 2.75) is 13.5 Å². The molecule has 4 rings (SSSR count). The van der Waals surface area contributed by atoms with Crippen LogP contribution in [-0.4, -0.2) is 34.8 Å². The molecule has 0 fully saturated rings. The molecule has 2 aromatic carbocycles. The number of ketones is 1. The molecule has 0 aliphatic carbocycles.